The van der Waals surface area contributed by atoms with E-state index < -0.39 is 0 Å². The summed E-state index contributed by atoms with van der Waals surface area (Å²) in [4.78, 5) is 0. The minimum absolute atomic E-state index is 0.334. The quantitative estimate of drug-likeness (QED) is 0.808. The molecule has 2 N–H and O–H groups in total. The highest BCUT2D eigenvalue weighted by Crippen LogP contribution is 2.36. The van der Waals surface area contributed by atoms with E-state index >= 15 is 0 Å². The number of hydrogen-bond acceptors (Lipinski definition) is 2. The van der Waals surface area contributed by atoms with E-state index in [4.69, 9.17) is 33.7 Å². The first kappa shape index (κ1) is 15.6. The molecular formula is C15H14BrCl2NO. The molecule has 0 aliphatic heterocycles. The molecular weight excluding hydrogens is 361 g/mol. The molecule has 5 heteroatoms. The molecule has 1 atom stereocenters. The van der Waals surface area contributed by atoms with Gasteiger partial charge in [-0.3, -0.25) is 0 Å². The molecule has 0 heterocycles. The molecule has 20 heavy (non-hydrogen) atoms. The Morgan fingerprint density at radius 2 is 1.80 bits per heavy atom. The zero-order valence-corrected chi connectivity index (χ0v) is 14.2. The van der Waals surface area contributed by atoms with Gasteiger partial charge in [-0.2, -0.15) is 0 Å². The van der Waals surface area contributed by atoms with Gasteiger partial charge in [0.15, 0.2) is 0 Å². The van der Waals surface area contributed by atoms with Crippen LogP contribution in [0.4, 0.5) is 0 Å². The summed E-state index contributed by atoms with van der Waals surface area (Å²) in [6.07, 6.45) is 0. The number of benzene rings is 2. The molecule has 2 nitrogen and oxygen atoms in total. The zero-order chi connectivity index (χ0) is 14.9. The Morgan fingerprint density at radius 3 is 2.40 bits per heavy atom. The van der Waals surface area contributed by atoms with Crippen molar-refractivity contribution in [3.05, 3.63) is 61.5 Å². The Morgan fingerprint density at radius 1 is 1.10 bits per heavy atom. The number of aryl methyl sites for hydroxylation is 1. The van der Waals surface area contributed by atoms with Crippen LogP contribution in [-0.2, 0) is 0 Å². The van der Waals surface area contributed by atoms with E-state index in [1.807, 2.05) is 25.1 Å². The van der Waals surface area contributed by atoms with Crippen LogP contribution in [0, 0.1) is 6.92 Å². The van der Waals surface area contributed by atoms with Gasteiger partial charge >= 0.3 is 0 Å². The summed E-state index contributed by atoms with van der Waals surface area (Å²) in [5.41, 5.74) is 9.21. The molecule has 0 saturated carbocycles. The first-order chi connectivity index (χ1) is 9.43. The number of hydrogen-bond donors (Lipinski definition) is 1. The van der Waals surface area contributed by atoms with Gasteiger partial charge in [0.05, 0.1) is 18.2 Å². The third-order valence-corrected chi connectivity index (χ3v) is 4.29. The highest BCUT2D eigenvalue weighted by atomic mass is 79.9. The van der Waals surface area contributed by atoms with Crippen molar-refractivity contribution in [2.75, 3.05) is 7.11 Å². The summed E-state index contributed by atoms with van der Waals surface area (Å²) in [5.74, 6) is 0.542. The summed E-state index contributed by atoms with van der Waals surface area (Å²) in [6, 6.07) is 9.08. The second-order valence-corrected chi connectivity index (χ2v) is 6.22. The zero-order valence-electron chi connectivity index (χ0n) is 11.1. The fourth-order valence-electron chi connectivity index (χ4n) is 2.09. The van der Waals surface area contributed by atoms with Crippen LogP contribution in [0.15, 0.2) is 34.8 Å². The highest BCUT2D eigenvalue weighted by Gasteiger charge is 2.17. The second-order valence-electron chi connectivity index (χ2n) is 4.49. The van der Waals surface area contributed by atoms with Crippen molar-refractivity contribution in [2.45, 2.75) is 13.0 Å². The SMILES string of the molecule is COc1cc(Cl)c(C(N)c2ccc(Br)cc2C)cc1Cl. The Bertz CT molecular complexity index is 646. The maximum absolute atomic E-state index is 6.33. The van der Waals surface area contributed by atoms with Gasteiger partial charge in [-0.1, -0.05) is 45.2 Å². The number of nitrogens with two attached hydrogens (primary N) is 1. The summed E-state index contributed by atoms with van der Waals surface area (Å²) >= 11 is 15.9. The second kappa shape index (κ2) is 6.35. The molecule has 0 bridgehead atoms. The molecule has 1 unspecified atom stereocenters. The Labute approximate surface area is 137 Å². The predicted octanol–water partition coefficient (Wildman–Crippen LogP) is 5.12. The summed E-state index contributed by atoms with van der Waals surface area (Å²) < 4.78 is 6.16. The molecule has 2 aromatic carbocycles. The maximum atomic E-state index is 6.33. The van der Waals surface area contributed by atoms with Crippen molar-refractivity contribution in [2.24, 2.45) is 5.73 Å². The summed E-state index contributed by atoms with van der Waals surface area (Å²) in [5, 5.41) is 1.04. The van der Waals surface area contributed by atoms with Crippen LogP contribution in [-0.4, -0.2) is 7.11 Å². The Hall–Kier alpha value is -0.740. The third-order valence-electron chi connectivity index (χ3n) is 3.17. The van der Waals surface area contributed by atoms with E-state index in [1.165, 1.54) is 0 Å². The summed E-state index contributed by atoms with van der Waals surface area (Å²) in [7, 11) is 1.55. The molecule has 2 aromatic rings. The monoisotopic (exact) mass is 373 g/mol. The predicted molar refractivity (Wildman–Crippen MR) is 87.9 cm³/mol. The van der Waals surface area contributed by atoms with Gasteiger partial charge in [0.1, 0.15) is 5.75 Å². The number of ether oxygens (including phenoxy) is 1. The van der Waals surface area contributed by atoms with Gasteiger partial charge in [-0.15, -0.1) is 0 Å². The molecule has 0 aliphatic carbocycles. The standard InChI is InChI=1S/C15H14BrCl2NO/c1-8-5-9(16)3-4-10(8)15(19)11-6-13(18)14(20-2)7-12(11)17/h3-7,15H,19H2,1-2H3. The molecule has 0 aromatic heterocycles. The van der Waals surface area contributed by atoms with Crippen molar-refractivity contribution in [3.8, 4) is 5.75 Å². The largest absolute Gasteiger partial charge is 0.495 e. The molecule has 0 amide bonds. The van der Waals surface area contributed by atoms with Crippen LogP contribution in [0.3, 0.4) is 0 Å². The fraction of sp³-hybridized carbons (Fsp3) is 0.200. The van der Waals surface area contributed by atoms with Gasteiger partial charge < -0.3 is 10.5 Å². The Balaban J connectivity index is 2.48. The average molecular weight is 375 g/mol. The van der Waals surface area contributed by atoms with E-state index in [0.29, 0.717) is 15.8 Å². The van der Waals surface area contributed by atoms with E-state index in [2.05, 4.69) is 15.9 Å². The number of rotatable bonds is 3. The number of methoxy groups -OCH3 is 1. The minimum Gasteiger partial charge on any atom is -0.495 e. The van der Waals surface area contributed by atoms with Gasteiger partial charge in [-0.25, -0.2) is 0 Å². The first-order valence-corrected chi connectivity index (χ1v) is 7.53. The minimum atomic E-state index is -0.334. The average Bonchev–Trinajstić information content (AvgIpc) is 2.40. The van der Waals surface area contributed by atoms with E-state index in [9.17, 15) is 0 Å². The molecule has 0 fully saturated rings. The maximum Gasteiger partial charge on any atom is 0.138 e. The van der Waals surface area contributed by atoms with Crippen molar-refractivity contribution < 1.29 is 4.74 Å². The van der Waals surface area contributed by atoms with Gasteiger partial charge in [0.2, 0.25) is 0 Å². The first-order valence-electron chi connectivity index (χ1n) is 5.98. The topological polar surface area (TPSA) is 35.2 Å². The van der Waals surface area contributed by atoms with Gasteiger partial charge in [0, 0.05) is 15.6 Å². The molecule has 0 radical (unpaired) electrons. The van der Waals surface area contributed by atoms with E-state index in [-0.39, 0.29) is 6.04 Å². The van der Waals surface area contributed by atoms with Crippen LogP contribution in [0.25, 0.3) is 0 Å². The Kier molecular flexibility index (Phi) is 4.97. The smallest absolute Gasteiger partial charge is 0.138 e. The van der Waals surface area contributed by atoms with Crippen molar-refractivity contribution in [3.63, 3.8) is 0 Å². The molecule has 106 valence electrons. The van der Waals surface area contributed by atoms with Crippen LogP contribution >= 0.6 is 39.1 Å². The lowest BCUT2D eigenvalue weighted by Gasteiger charge is -2.18. The van der Waals surface area contributed by atoms with Crippen molar-refractivity contribution >= 4 is 39.1 Å². The van der Waals surface area contributed by atoms with Gasteiger partial charge in [-0.05, 0) is 41.8 Å². The lowest BCUT2D eigenvalue weighted by molar-refractivity contribution is 0.415. The van der Waals surface area contributed by atoms with E-state index in [0.717, 1.165) is 21.2 Å². The lowest BCUT2D eigenvalue weighted by Crippen LogP contribution is -2.14. The van der Waals surface area contributed by atoms with Crippen LogP contribution in [0.1, 0.15) is 22.7 Å². The van der Waals surface area contributed by atoms with Crippen LogP contribution in [0.2, 0.25) is 10.0 Å². The molecule has 0 saturated heterocycles. The van der Waals surface area contributed by atoms with Crippen LogP contribution in [0.5, 0.6) is 5.75 Å². The van der Waals surface area contributed by atoms with Crippen LogP contribution < -0.4 is 10.5 Å². The molecule has 0 spiro atoms. The van der Waals surface area contributed by atoms with E-state index in [1.54, 1.807) is 19.2 Å². The third kappa shape index (κ3) is 3.12. The number of halogens is 3. The molecule has 2 rings (SSSR count). The fourth-order valence-corrected chi connectivity index (χ4v) is 3.09. The van der Waals surface area contributed by atoms with Crippen molar-refractivity contribution in [1.82, 2.24) is 0 Å². The summed E-state index contributed by atoms with van der Waals surface area (Å²) in [6.45, 7) is 2.01. The molecule has 0 aliphatic rings. The normalized spacial score (nSPS) is 12.3. The van der Waals surface area contributed by atoms with Gasteiger partial charge in [0.25, 0.3) is 0 Å². The lowest BCUT2D eigenvalue weighted by atomic mass is 9.96. The highest BCUT2D eigenvalue weighted by molar-refractivity contribution is 9.10. The van der Waals surface area contributed by atoms with Crippen molar-refractivity contribution in [1.29, 1.82) is 0 Å².